The van der Waals surface area contributed by atoms with E-state index in [1.54, 1.807) is 6.26 Å². The number of unbranched alkanes of at least 4 members (excludes halogenated alkanes) is 1. The fourth-order valence-corrected chi connectivity index (χ4v) is 3.73. The molecule has 0 spiro atoms. The van der Waals surface area contributed by atoms with Crippen LogP contribution in [0.2, 0.25) is 0 Å². The highest BCUT2D eigenvalue weighted by atomic mass is 16.3. The van der Waals surface area contributed by atoms with E-state index in [-0.39, 0.29) is 5.91 Å². The monoisotopic (exact) mass is 371 g/mol. The highest BCUT2D eigenvalue weighted by Crippen LogP contribution is 2.25. The number of aryl methyl sites for hydroxylation is 2. The first-order valence-electron chi connectivity index (χ1n) is 10.3. The maximum Gasteiger partial charge on any atom is 0.224 e. The van der Waals surface area contributed by atoms with Crippen LogP contribution in [0, 0.1) is 13.8 Å². The molecule has 1 aliphatic heterocycles. The summed E-state index contributed by atoms with van der Waals surface area (Å²) in [7, 11) is 0. The molecule has 0 saturated carbocycles. The first kappa shape index (κ1) is 19.9. The summed E-state index contributed by atoms with van der Waals surface area (Å²) < 4.78 is 5.62. The molecule has 2 aromatic rings. The van der Waals surface area contributed by atoms with Crippen molar-refractivity contribution in [3.63, 3.8) is 0 Å². The van der Waals surface area contributed by atoms with Crippen molar-refractivity contribution in [3.05, 3.63) is 35.1 Å². The largest absolute Gasteiger partial charge is 0.464 e. The van der Waals surface area contributed by atoms with E-state index in [9.17, 15) is 4.79 Å². The smallest absolute Gasteiger partial charge is 0.224 e. The fourth-order valence-electron chi connectivity index (χ4n) is 3.73. The van der Waals surface area contributed by atoms with Crippen molar-refractivity contribution in [2.75, 3.05) is 45.8 Å². The number of furan rings is 1. The first-order chi connectivity index (χ1) is 13.1. The summed E-state index contributed by atoms with van der Waals surface area (Å²) in [5, 5.41) is 4.11. The summed E-state index contributed by atoms with van der Waals surface area (Å²) in [6.07, 6.45) is 4.28. The summed E-state index contributed by atoms with van der Waals surface area (Å²) in [5.74, 6) is 0.0764. The fraction of sp³-hybridized carbons (Fsp3) is 0.591. The van der Waals surface area contributed by atoms with Crippen molar-refractivity contribution < 1.29 is 9.21 Å². The third-order valence-corrected chi connectivity index (χ3v) is 5.76. The molecule has 1 aromatic carbocycles. The van der Waals surface area contributed by atoms with E-state index in [4.69, 9.17) is 4.42 Å². The molecule has 0 unspecified atom stereocenters. The minimum absolute atomic E-state index is 0.0764. The number of nitrogens with zero attached hydrogens (tertiary/aromatic N) is 2. The molecule has 5 heteroatoms. The van der Waals surface area contributed by atoms with Gasteiger partial charge in [0.2, 0.25) is 5.91 Å². The van der Waals surface area contributed by atoms with Crippen LogP contribution in [0.3, 0.4) is 0 Å². The van der Waals surface area contributed by atoms with E-state index < -0.39 is 0 Å². The Hall–Kier alpha value is -1.85. The predicted molar refractivity (Wildman–Crippen MR) is 110 cm³/mol. The molecule has 0 atom stereocenters. The second-order valence-electron chi connectivity index (χ2n) is 7.70. The van der Waals surface area contributed by atoms with E-state index in [1.165, 1.54) is 37.3 Å². The quantitative estimate of drug-likeness (QED) is 0.725. The van der Waals surface area contributed by atoms with Crippen molar-refractivity contribution in [1.29, 1.82) is 0 Å². The molecule has 0 radical (unpaired) electrons. The number of amides is 1. The lowest BCUT2D eigenvalue weighted by molar-refractivity contribution is -0.120. The number of piperazine rings is 1. The lowest BCUT2D eigenvalue weighted by Gasteiger charge is -2.33. The molecule has 1 amide bonds. The standard InChI is InChI=1S/C22H33N3O2/c1-4-24-9-11-25(12-10-24)8-6-5-7-23-22(26)15-19-16-27-21-14-18(3)17(2)13-20(19)21/h13-14,16H,4-12,15H2,1-3H3,(H,23,26). The molecule has 3 rings (SSSR count). The lowest BCUT2D eigenvalue weighted by Crippen LogP contribution is -2.46. The normalized spacial score (nSPS) is 16.1. The van der Waals surface area contributed by atoms with Crippen molar-refractivity contribution in [2.24, 2.45) is 0 Å². The van der Waals surface area contributed by atoms with Gasteiger partial charge in [0, 0.05) is 43.7 Å². The Balaban J connectivity index is 1.36. The number of likely N-dealkylation sites (N-methyl/N-ethyl adjacent to an activating group) is 1. The Morgan fingerprint density at radius 1 is 1.07 bits per heavy atom. The van der Waals surface area contributed by atoms with E-state index in [2.05, 4.69) is 42.0 Å². The van der Waals surface area contributed by atoms with Crippen LogP contribution in [-0.2, 0) is 11.2 Å². The van der Waals surface area contributed by atoms with Gasteiger partial charge in [0.25, 0.3) is 0 Å². The molecule has 1 fully saturated rings. The summed E-state index contributed by atoms with van der Waals surface area (Å²) in [6.45, 7) is 14.2. The van der Waals surface area contributed by atoms with Crippen molar-refractivity contribution >= 4 is 16.9 Å². The zero-order valence-corrected chi connectivity index (χ0v) is 17.0. The molecule has 1 aliphatic rings. The topological polar surface area (TPSA) is 48.7 Å². The zero-order valence-electron chi connectivity index (χ0n) is 17.0. The molecule has 0 bridgehead atoms. The van der Waals surface area contributed by atoms with Crippen LogP contribution in [0.1, 0.15) is 36.5 Å². The van der Waals surface area contributed by atoms with Gasteiger partial charge in [-0.1, -0.05) is 6.92 Å². The third-order valence-electron chi connectivity index (χ3n) is 5.76. The summed E-state index contributed by atoms with van der Waals surface area (Å²) >= 11 is 0. The summed E-state index contributed by atoms with van der Waals surface area (Å²) in [4.78, 5) is 17.3. The summed E-state index contributed by atoms with van der Waals surface area (Å²) in [6, 6.07) is 4.17. The number of carbonyl (C=O) groups is 1. The Morgan fingerprint density at radius 2 is 1.78 bits per heavy atom. The number of hydrogen-bond donors (Lipinski definition) is 1. The van der Waals surface area contributed by atoms with E-state index in [0.717, 1.165) is 49.0 Å². The van der Waals surface area contributed by atoms with Crippen LogP contribution in [0.5, 0.6) is 0 Å². The lowest BCUT2D eigenvalue weighted by atomic mass is 10.0. The Morgan fingerprint density at radius 3 is 2.52 bits per heavy atom. The number of fused-ring (bicyclic) bond motifs is 1. The molecule has 5 nitrogen and oxygen atoms in total. The van der Waals surface area contributed by atoms with Gasteiger partial charge in [-0.05, 0) is 63.0 Å². The van der Waals surface area contributed by atoms with Crippen molar-refractivity contribution in [2.45, 2.75) is 40.0 Å². The van der Waals surface area contributed by atoms with Crippen LogP contribution >= 0.6 is 0 Å². The number of benzene rings is 1. The predicted octanol–water partition coefficient (Wildman–Crippen LogP) is 3.13. The SMILES string of the molecule is CCN1CCN(CCCCNC(=O)Cc2coc3cc(C)c(C)cc23)CC1. The average molecular weight is 372 g/mol. The van der Waals surface area contributed by atoms with E-state index in [1.807, 2.05) is 6.07 Å². The molecule has 1 N–H and O–H groups in total. The van der Waals surface area contributed by atoms with Gasteiger partial charge in [-0.15, -0.1) is 0 Å². The molecular formula is C22H33N3O2. The second-order valence-corrected chi connectivity index (χ2v) is 7.70. The van der Waals surface area contributed by atoms with Gasteiger partial charge in [0.15, 0.2) is 0 Å². The first-order valence-corrected chi connectivity index (χ1v) is 10.3. The van der Waals surface area contributed by atoms with Crippen molar-refractivity contribution in [1.82, 2.24) is 15.1 Å². The van der Waals surface area contributed by atoms with E-state index >= 15 is 0 Å². The summed E-state index contributed by atoms with van der Waals surface area (Å²) in [5.41, 5.74) is 4.28. The van der Waals surface area contributed by atoms with Crippen LogP contribution in [0.4, 0.5) is 0 Å². The Kier molecular flexibility index (Phi) is 6.91. The minimum Gasteiger partial charge on any atom is -0.464 e. The van der Waals surface area contributed by atoms with Crippen LogP contribution < -0.4 is 5.32 Å². The maximum atomic E-state index is 12.3. The van der Waals surface area contributed by atoms with E-state index in [0.29, 0.717) is 6.42 Å². The zero-order chi connectivity index (χ0) is 19.2. The number of nitrogens with one attached hydrogen (secondary N) is 1. The van der Waals surface area contributed by atoms with Gasteiger partial charge in [0.1, 0.15) is 5.58 Å². The van der Waals surface area contributed by atoms with Gasteiger partial charge in [-0.2, -0.15) is 0 Å². The molecular weight excluding hydrogens is 338 g/mol. The molecule has 1 saturated heterocycles. The van der Waals surface area contributed by atoms with Gasteiger partial charge in [-0.25, -0.2) is 0 Å². The van der Waals surface area contributed by atoms with Crippen molar-refractivity contribution in [3.8, 4) is 0 Å². The Bertz CT molecular complexity index is 760. The van der Waals surface area contributed by atoms with Crippen LogP contribution in [0.25, 0.3) is 11.0 Å². The number of rotatable bonds is 8. The number of carbonyl (C=O) groups excluding carboxylic acids is 1. The molecule has 148 valence electrons. The molecule has 0 aliphatic carbocycles. The molecule has 1 aromatic heterocycles. The van der Waals surface area contributed by atoms with Gasteiger partial charge in [0.05, 0.1) is 12.7 Å². The Labute approximate surface area is 162 Å². The van der Waals surface area contributed by atoms with Gasteiger partial charge in [-0.3, -0.25) is 4.79 Å². The molecule has 27 heavy (non-hydrogen) atoms. The molecule has 2 heterocycles. The maximum absolute atomic E-state index is 12.3. The van der Waals surface area contributed by atoms with Crippen LogP contribution in [-0.4, -0.2) is 61.5 Å². The highest BCUT2D eigenvalue weighted by Gasteiger charge is 2.15. The third kappa shape index (κ3) is 5.33. The van der Waals surface area contributed by atoms with Crippen LogP contribution in [0.15, 0.2) is 22.8 Å². The van der Waals surface area contributed by atoms with Gasteiger partial charge >= 0.3 is 0 Å². The van der Waals surface area contributed by atoms with Gasteiger partial charge < -0.3 is 19.5 Å². The second kappa shape index (κ2) is 9.38. The average Bonchev–Trinajstić information content (AvgIpc) is 3.04. The number of hydrogen-bond acceptors (Lipinski definition) is 4. The highest BCUT2D eigenvalue weighted by molar-refractivity contribution is 5.88. The minimum atomic E-state index is 0.0764.